The number of unbranched alkanes of at least 4 members (excludes halogenated alkanes) is 1. The third kappa shape index (κ3) is 4.76. The Hall–Kier alpha value is -2.07. The highest BCUT2D eigenvalue weighted by molar-refractivity contribution is 8.00. The molecule has 1 aromatic rings. The third-order valence-corrected chi connectivity index (χ3v) is 6.08. The first-order valence-corrected chi connectivity index (χ1v) is 9.74. The molecule has 3 heterocycles. The van der Waals surface area contributed by atoms with Crippen LogP contribution >= 0.6 is 11.8 Å². The predicted octanol–water partition coefficient (Wildman–Crippen LogP) is 0.0751. The average molecular weight is 381 g/mol. The van der Waals surface area contributed by atoms with E-state index in [-0.39, 0.29) is 31.0 Å². The molecule has 1 aromatic heterocycles. The molecule has 0 radical (unpaired) electrons. The van der Waals surface area contributed by atoms with Gasteiger partial charge in [-0.1, -0.05) is 6.42 Å². The monoisotopic (exact) mass is 381 g/mol. The van der Waals surface area contributed by atoms with Crippen LogP contribution in [0, 0.1) is 0 Å². The lowest BCUT2D eigenvalue weighted by atomic mass is 10.0. The van der Waals surface area contributed by atoms with Crippen molar-refractivity contribution in [1.82, 2.24) is 20.6 Å². The predicted molar refractivity (Wildman–Crippen MR) is 95.3 cm³/mol. The van der Waals surface area contributed by atoms with Gasteiger partial charge in [0.15, 0.2) is 0 Å². The summed E-state index contributed by atoms with van der Waals surface area (Å²) in [7, 11) is 0. The van der Waals surface area contributed by atoms with Gasteiger partial charge in [-0.2, -0.15) is 11.8 Å². The number of esters is 2. The summed E-state index contributed by atoms with van der Waals surface area (Å²) in [4.78, 5) is 41.6. The molecule has 2 aliphatic heterocycles. The molecule has 4 atom stereocenters. The molecule has 2 fully saturated rings. The Labute approximate surface area is 155 Å². The molecule has 142 valence electrons. The van der Waals surface area contributed by atoms with Gasteiger partial charge in [-0.25, -0.2) is 14.6 Å². The van der Waals surface area contributed by atoms with E-state index in [4.69, 9.17) is 10.5 Å². The van der Waals surface area contributed by atoms with Gasteiger partial charge >= 0.3 is 18.0 Å². The van der Waals surface area contributed by atoms with E-state index in [1.54, 1.807) is 6.20 Å². The zero-order chi connectivity index (χ0) is 18.5. The van der Waals surface area contributed by atoms with Crippen molar-refractivity contribution in [1.29, 1.82) is 0 Å². The third-order valence-electron chi connectivity index (χ3n) is 4.57. The van der Waals surface area contributed by atoms with Crippen molar-refractivity contribution in [2.24, 2.45) is 5.73 Å². The fourth-order valence-electron chi connectivity index (χ4n) is 3.21. The molecule has 5 N–H and O–H groups in total. The van der Waals surface area contributed by atoms with Crippen LogP contribution in [0.25, 0.3) is 0 Å². The van der Waals surface area contributed by atoms with Gasteiger partial charge < -0.3 is 26.1 Å². The van der Waals surface area contributed by atoms with Gasteiger partial charge in [0.1, 0.15) is 6.04 Å². The zero-order valence-corrected chi connectivity index (χ0v) is 15.1. The van der Waals surface area contributed by atoms with Gasteiger partial charge in [-0.3, -0.25) is 4.79 Å². The number of thioether (sulfide) groups is 1. The number of rotatable bonds is 8. The molecule has 26 heavy (non-hydrogen) atoms. The zero-order valence-electron chi connectivity index (χ0n) is 14.3. The van der Waals surface area contributed by atoms with E-state index >= 15 is 0 Å². The smallest absolute Gasteiger partial charge is 0.330 e. The number of urea groups is 1. The Morgan fingerprint density at radius 2 is 2.23 bits per heavy atom. The minimum absolute atomic E-state index is 0.0983. The van der Waals surface area contributed by atoms with Crippen molar-refractivity contribution in [2.75, 3.05) is 5.75 Å². The number of imidazole rings is 1. The molecular formula is C16H23N5O4S. The van der Waals surface area contributed by atoms with Crippen LogP contribution in [0.15, 0.2) is 12.5 Å². The molecule has 0 bridgehead atoms. The lowest BCUT2D eigenvalue weighted by molar-refractivity contribution is -0.160. The number of nitrogens with two attached hydrogens (primary N) is 1. The summed E-state index contributed by atoms with van der Waals surface area (Å²) >= 11 is 1.84. The largest absolute Gasteiger partial charge is 0.392 e. The number of fused-ring (bicyclic) bond motifs is 1. The molecule has 0 spiro atoms. The molecular weight excluding hydrogens is 358 g/mol. The Balaban J connectivity index is 1.30. The minimum atomic E-state index is -0.898. The molecule has 0 aliphatic carbocycles. The van der Waals surface area contributed by atoms with Crippen molar-refractivity contribution in [3.63, 3.8) is 0 Å². The number of carbonyl (C=O) groups excluding carboxylic acids is 3. The summed E-state index contributed by atoms with van der Waals surface area (Å²) in [6.07, 6.45) is 5.87. The highest BCUT2D eigenvalue weighted by atomic mass is 32.2. The van der Waals surface area contributed by atoms with Crippen molar-refractivity contribution in [2.45, 2.75) is 55.5 Å². The standard InChI is InChI=1S/C16H23N5O4S/c17-10(5-9-6-18-8-19-9)15(23)25-13(22)4-2-1-3-12-14-11(7-26-12)20-16(24)21-14/h6,8,10-12,14H,1-5,7,17H2,(H,18,19)(H2,20,21,24)/t10-,11-,12-,14-/m0/s1. The number of ether oxygens (including phenoxy) is 1. The second-order valence-corrected chi connectivity index (χ2v) is 7.82. The molecule has 2 amide bonds. The fraction of sp³-hybridized carbons (Fsp3) is 0.625. The second-order valence-electron chi connectivity index (χ2n) is 6.55. The molecule has 9 nitrogen and oxygen atoms in total. The quantitative estimate of drug-likeness (QED) is 0.216. The maximum atomic E-state index is 11.8. The number of nitrogens with zero attached hydrogens (tertiary/aromatic N) is 1. The highest BCUT2D eigenvalue weighted by Crippen LogP contribution is 2.33. The summed E-state index contributed by atoms with van der Waals surface area (Å²) in [6.45, 7) is 0. The number of nitrogens with one attached hydrogen (secondary N) is 3. The maximum absolute atomic E-state index is 11.8. The number of hydrogen-bond acceptors (Lipinski definition) is 7. The lowest BCUT2D eigenvalue weighted by Gasteiger charge is -2.16. The number of hydrogen-bond donors (Lipinski definition) is 4. The van der Waals surface area contributed by atoms with Crippen LogP contribution < -0.4 is 16.4 Å². The SMILES string of the molecule is N[C@@H](Cc1cnc[nH]1)C(=O)OC(=O)CCCC[C@@H]1SC[C@@H]2NC(=O)N[C@@H]21. The summed E-state index contributed by atoms with van der Waals surface area (Å²) in [5, 5.41) is 6.21. The van der Waals surface area contributed by atoms with Gasteiger partial charge in [0.25, 0.3) is 0 Å². The molecule has 2 aliphatic rings. The van der Waals surface area contributed by atoms with Crippen LogP contribution in [0.3, 0.4) is 0 Å². The van der Waals surface area contributed by atoms with E-state index < -0.39 is 18.0 Å². The number of aromatic nitrogens is 2. The number of amides is 2. The molecule has 3 rings (SSSR count). The summed E-state index contributed by atoms with van der Waals surface area (Å²) < 4.78 is 4.81. The number of carbonyl (C=O) groups is 3. The van der Waals surface area contributed by atoms with Gasteiger partial charge in [-0.05, 0) is 12.8 Å². The maximum Gasteiger partial charge on any atom is 0.330 e. The van der Waals surface area contributed by atoms with Crippen molar-refractivity contribution in [3.05, 3.63) is 18.2 Å². The Bertz CT molecular complexity index is 653. The minimum Gasteiger partial charge on any atom is -0.392 e. The second kappa shape index (κ2) is 8.54. The Morgan fingerprint density at radius 3 is 3.00 bits per heavy atom. The topological polar surface area (TPSA) is 139 Å². The van der Waals surface area contributed by atoms with E-state index in [1.165, 1.54) is 6.33 Å². The summed E-state index contributed by atoms with van der Waals surface area (Å²) in [6, 6.07) is -0.624. The molecule has 0 unspecified atom stereocenters. The van der Waals surface area contributed by atoms with E-state index in [0.29, 0.717) is 17.4 Å². The van der Waals surface area contributed by atoms with Crippen molar-refractivity contribution >= 4 is 29.7 Å². The van der Waals surface area contributed by atoms with Crippen LogP contribution in [0.4, 0.5) is 4.79 Å². The van der Waals surface area contributed by atoms with E-state index in [0.717, 1.165) is 18.6 Å². The highest BCUT2D eigenvalue weighted by Gasteiger charge is 2.42. The van der Waals surface area contributed by atoms with Gasteiger partial charge in [0, 0.05) is 35.7 Å². The van der Waals surface area contributed by atoms with E-state index in [2.05, 4.69) is 20.6 Å². The first-order chi connectivity index (χ1) is 12.5. The molecule has 10 heteroatoms. The first kappa shape index (κ1) is 18.7. The van der Waals surface area contributed by atoms with Gasteiger partial charge in [0.2, 0.25) is 0 Å². The number of aromatic amines is 1. The van der Waals surface area contributed by atoms with Crippen LogP contribution in [-0.4, -0.2) is 57.1 Å². The Morgan fingerprint density at radius 1 is 1.38 bits per heavy atom. The molecule has 0 saturated carbocycles. The van der Waals surface area contributed by atoms with Crippen LogP contribution in [-0.2, 0) is 20.7 Å². The molecule has 2 saturated heterocycles. The van der Waals surface area contributed by atoms with Crippen LogP contribution in [0.5, 0.6) is 0 Å². The molecule has 0 aromatic carbocycles. The van der Waals surface area contributed by atoms with Crippen molar-refractivity contribution < 1.29 is 19.1 Å². The van der Waals surface area contributed by atoms with E-state index in [9.17, 15) is 14.4 Å². The van der Waals surface area contributed by atoms with Crippen molar-refractivity contribution in [3.8, 4) is 0 Å². The normalized spacial score (nSPS) is 25.3. The van der Waals surface area contributed by atoms with Crippen LogP contribution in [0.2, 0.25) is 0 Å². The summed E-state index contributed by atoms with van der Waals surface area (Å²) in [5.74, 6) is -0.361. The number of H-pyrrole nitrogens is 1. The van der Waals surface area contributed by atoms with Gasteiger partial charge in [-0.15, -0.1) is 0 Å². The Kier molecular flexibility index (Phi) is 6.15. The van der Waals surface area contributed by atoms with Crippen LogP contribution in [0.1, 0.15) is 31.4 Å². The fourth-order valence-corrected chi connectivity index (χ4v) is 4.76. The summed E-state index contributed by atoms with van der Waals surface area (Å²) in [5.41, 5.74) is 6.45. The lowest BCUT2D eigenvalue weighted by Crippen LogP contribution is -2.36. The first-order valence-electron chi connectivity index (χ1n) is 8.69. The van der Waals surface area contributed by atoms with E-state index in [1.807, 2.05) is 11.8 Å². The average Bonchev–Trinajstić information content (AvgIpc) is 3.30. The van der Waals surface area contributed by atoms with Gasteiger partial charge in [0.05, 0.1) is 18.4 Å².